The minimum Gasteiger partial charge on any atom is -0.381 e. The van der Waals surface area contributed by atoms with Crippen molar-refractivity contribution in [3.05, 3.63) is 16.5 Å². The Bertz CT molecular complexity index is 410. The van der Waals surface area contributed by atoms with Crippen LogP contribution in [0.4, 0.5) is 5.82 Å². The zero-order valence-corrected chi connectivity index (χ0v) is 13.8. The minimum atomic E-state index is 0.544. The molecule has 0 aliphatic carbocycles. The van der Waals surface area contributed by atoms with Crippen molar-refractivity contribution in [1.29, 1.82) is 0 Å². The Morgan fingerprint density at radius 3 is 2.70 bits per heavy atom. The number of anilines is 1. The topological polar surface area (TPSA) is 47.0 Å². The molecule has 0 spiro atoms. The molecule has 0 aliphatic heterocycles. The molecular formula is C15H26ClN3O. The molecule has 0 aliphatic rings. The Hall–Kier alpha value is -0.870. The van der Waals surface area contributed by atoms with Gasteiger partial charge in [-0.2, -0.15) is 0 Å². The molecule has 1 heterocycles. The minimum absolute atomic E-state index is 0.544. The summed E-state index contributed by atoms with van der Waals surface area (Å²) in [6.45, 7) is 10.8. The van der Waals surface area contributed by atoms with Crippen molar-refractivity contribution < 1.29 is 4.74 Å². The van der Waals surface area contributed by atoms with Crippen LogP contribution in [0.1, 0.15) is 45.0 Å². The molecule has 1 rings (SSSR count). The van der Waals surface area contributed by atoms with Crippen LogP contribution in [0.5, 0.6) is 0 Å². The molecule has 0 bridgehead atoms. The predicted molar refractivity (Wildman–Crippen MR) is 84.5 cm³/mol. The molecule has 5 heteroatoms. The van der Waals surface area contributed by atoms with Gasteiger partial charge in [0.25, 0.3) is 0 Å². The van der Waals surface area contributed by atoms with Crippen LogP contribution in [0.2, 0.25) is 5.15 Å². The maximum Gasteiger partial charge on any atom is 0.137 e. The number of nitrogens with one attached hydrogen (secondary N) is 1. The van der Waals surface area contributed by atoms with E-state index in [1.54, 1.807) is 0 Å². The van der Waals surface area contributed by atoms with Gasteiger partial charge in [-0.15, -0.1) is 0 Å². The Labute approximate surface area is 127 Å². The average Bonchev–Trinajstić information content (AvgIpc) is 2.39. The summed E-state index contributed by atoms with van der Waals surface area (Å²) in [6, 6.07) is 0. The summed E-state index contributed by atoms with van der Waals surface area (Å²) in [6.07, 6.45) is 2.82. The van der Waals surface area contributed by atoms with Crippen LogP contribution in [-0.2, 0) is 11.2 Å². The standard InChI is InChI=1S/C15H26ClN3O/c1-5-7-13-18-14(16)12(4)15(19-13)17-8-6-9-20-10-11(2)3/h11H,5-10H2,1-4H3,(H,17,18,19). The molecule has 1 N–H and O–H groups in total. The van der Waals surface area contributed by atoms with E-state index in [1.165, 1.54) is 0 Å². The SMILES string of the molecule is CCCc1nc(Cl)c(C)c(NCCCOCC(C)C)n1. The first-order valence-electron chi connectivity index (χ1n) is 7.39. The average molecular weight is 300 g/mol. The first-order valence-corrected chi connectivity index (χ1v) is 7.77. The van der Waals surface area contributed by atoms with Gasteiger partial charge in [-0.05, 0) is 25.7 Å². The monoisotopic (exact) mass is 299 g/mol. The van der Waals surface area contributed by atoms with Crippen molar-refractivity contribution in [1.82, 2.24) is 9.97 Å². The van der Waals surface area contributed by atoms with Gasteiger partial charge >= 0.3 is 0 Å². The van der Waals surface area contributed by atoms with Crippen LogP contribution in [0.25, 0.3) is 0 Å². The van der Waals surface area contributed by atoms with E-state index in [9.17, 15) is 0 Å². The summed E-state index contributed by atoms with van der Waals surface area (Å²) < 4.78 is 5.55. The van der Waals surface area contributed by atoms with E-state index in [1.807, 2.05) is 6.92 Å². The molecule has 0 aromatic carbocycles. The van der Waals surface area contributed by atoms with Gasteiger partial charge in [0.15, 0.2) is 0 Å². The van der Waals surface area contributed by atoms with Crippen LogP contribution in [0.15, 0.2) is 0 Å². The van der Waals surface area contributed by atoms with Gasteiger partial charge in [0.1, 0.15) is 16.8 Å². The number of aromatic nitrogens is 2. The highest BCUT2D eigenvalue weighted by Crippen LogP contribution is 2.20. The van der Waals surface area contributed by atoms with Gasteiger partial charge in [0.2, 0.25) is 0 Å². The Morgan fingerprint density at radius 1 is 1.30 bits per heavy atom. The second-order valence-electron chi connectivity index (χ2n) is 5.40. The van der Waals surface area contributed by atoms with Gasteiger partial charge in [-0.25, -0.2) is 9.97 Å². The van der Waals surface area contributed by atoms with Crippen LogP contribution in [0, 0.1) is 12.8 Å². The molecule has 0 unspecified atom stereocenters. The fourth-order valence-electron chi connectivity index (χ4n) is 1.74. The van der Waals surface area contributed by atoms with E-state index in [4.69, 9.17) is 16.3 Å². The lowest BCUT2D eigenvalue weighted by Gasteiger charge is -2.11. The van der Waals surface area contributed by atoms with E-state index in [0.717, 1.165) is 56.2 Å². The highest BCUT2D eigenvalue weighted by Gasteiger charge is 2.08. The van der Waals surface area contributed by atoms with Crippen molar-refractivity contribution >= 4 is 17.4 Å². The van der Waals surface area contributed by atoms with Crippen molar-refractivity contribution in [3.63, 3.8) is 0 Å². The lowest BCUT2D eigenvalue weighted by atomic mass is 10.2. The van der Waals surface area contributed by atoms with Gasteiger partial charge in [0.05, 0.1) is 0 Å². The Balaban J connectivity index is 2.42. The molecule has 0 fully saturated rings. The molecule has 0 atom stereocenters. The second kappa shape index (κ2) is 9.14. The fraction of sp³-hybridized carbons (Fsp3) is 0.733. The number of hydrogen-bond acceptors (Lipinski definition) is 4. The van der Waals surface area contributed by atoms with Gasteiger partial charge < -0.3 is 10.1 Å². The summed E-state index contributed by atoms with van der Waals surface area (Å²) in [5.74, 6) is 2.24. The van der Waals surface area contributed by atoms with E-state index in [2.05, 4.69) is 36.1 Å². The molecular weight excluding hydrogens is 274 g/mol. The van der Waals surface area contributed by atoms with Crippen LogP contribution >= 0.6 is 11.6 Å². The van der Waals surface area contributed by atoms with Crippen molar-refractivity contribution in [2.24, 2.45) is 5.92 Å². The summed E-state index contributed by atoms with van der Waals surface area (Å²) in [7, 11) is 0. The Kier molecular flexibility index (Phi) is 7.85. The molecule has 4 nitrogen and oxygen atoms in total. The van der Waals surface area contributed by atoms with E-state index < -0.39 is 0 Å². The zero-order chi connectivity index (χ0) is 15.0. The molecule has 0 radical (unpaired) electrons. The summed E-state index contributed by atoms with van der Waals surface area (Å²) >= 11 is 6.14. The van der Waals surface area contributed by atoms with Crippen LogP contribution in [-0.4, -0.2) is 29.7 Å². The van der Waals surface area contributed by atoms with Gasteiger partial charge in [-0.1, -0.05) is 32.4 Å². The third-order valence-corrected chi connectivity index (χ3v) is 3.18. The number of nitrogens with zero attached hydrogens (tertiary/aromatic N) is 2. The van der Waals surface area contributed by atoms with Crippen LogP contribution < -0.4 is 5.32 Å². The first-order chi connectivity index (χ1) is 9.54. The van der Waals surface area contributed by atoms with E-state index >= 15 is 0 Å². The van der Waals surface area contributed by atoms with Crippen molar-refractivity contribution in [2.45, 2.75) is 47.0 Å². The predicted octanol–water partition coefficient (Wildman–Crippen LogP) is 3.87. The van der Waals surface area contributed by atoms with E-state index in [-0.39, 0.29) is 0 Å². The molecule has 0 saturated heterocycles. The Morgan fingerprint density at radius 2 is 2.05 bits per heavy atom. The quantitative estimate of drug-likeness (QED) is 0.555. The number of hydrogen-bond donors (Lipinski definition) is 1. The fourth-order valence-corrected chi connectivity index (χ4v) is 1.93. The molecule has 1 aromatic rings. The number of rotatable bonds is 9. The van der Waals surface area contributed by atoms with Gasteiger partial charge in [-0.3, -0.25) is 0 Å². The maximum absolute atomic E-state index is 6.14. The second-order valence-corrected chi connectivity index (χ2v) is 5.76. The van der Waals surface area contributed by atoms with Gasteiger partial charge in [0, 0.05) is 31.7 Å². The molecule has 0 amide bonds. The zero-order valence-electron chi connectivity index (χ0n) is 13.0. The molecule has 0 saturated carbocycles. The number of ether oxygens (including phenoxy) is 1. The lowest BCUT2D eigenvalue weighted by molar-refractivity contribution is 0.110. The third kappa shape index (κ3) is 6.06. The largest absolute Gasteiger partial charge is 0.381 e. The highest BCUT2D eigenvalue weighted by molar-refractivity contribution is 6.30. The third-order valence-electron chi connectivity index (χ3n) is 2.82. The summed E-state index contributed by atoms with van der Waals surface area (Å²) in [4.78, 5) is 8.81. The molecule has 20 heavy (non-hydrogen) atoms. The molecule has 114 valence electrons. The van der Waals surface area contributed by atoms with Crippen LogP contribution in [0.3, 0.4) is 0 Å². The normalized spacial score (nSPS) is 11.1. The lowest BCUT2D eigenvalue weighted by Crippen LogP contribution is -2.11. The number of halogens is 1. The van der Waals surface area contributed by atoms with E-state index in [0.29, 0.717) is 11.1 Å². The number of aryl methyl sites for hydroxylation is 1. The van der Waals surface area contributed by atoms with Crippen molar-refractivity contribution in [2.75, 3.05) is 25.1 Å². The summed E-state index contributed by atoms with van der Waals surface area (Å²) in [5, 5.41) is 3.87. The maximum atomic E-state index is 6.14. The molecule has 1 aromatic heterocycles. The highest BCUT2D eigenvalue weighted by atomic mass is 35.5. The van der Waals surface area contributed by atoms with Crippen molar-refractivity contribution in [3.8, 4) is 0 Å². The summed E-state index contributed by atoms with van der Waals surface area (Å²) in [5.41, 5.74) is 0.912. The smallest absolute Gasteiger partial charge is 0.137 e. The first kappa shape index (κ1) is 17.2.